The van der Waals surface area contributed by atoms with Crippen LogP contribution in [-0.4, -0.2) is 54.3 Å². The first-order valence-electron chi connectivity index (χ1n) is 14.4. The van der Waals surface area contributed by atoms with Gasteiger partial charge >= 0.3 is 0 Å². The smallest absolute Gasteiger partial charge is 0.153 e. The second-order valence-electron chi connectivity index (χ2n) is 10.3. The van der Waals surface area contributed by atoms with Gasteiger partial charge in [-0.2, -0.15) is 5.10 Å². The third kappa shape index (κ3) is 6.49. The Balaban J connectivity index is 0.00000173. The zero-order valence-corrected chi connectivity index (χ0v) is 24.9. The van der Waals surface area contributed by atoms with Crippen LogP contribution in [0.3, 0.4) is 0 Å². The minimum Gasteiger partial charge on any atom is -0.489 e. The molecule has 0 unspecified atom stereocenters. The van der Waals surface area contributed by atoms with Crippen LogP contribution < -0.4 is 15.2 Å². The maximum absolute atomic E-state index is 6.31. The molecule has 10 nitrogen and oxygen atoms in total. The predicted molar refractivity (Wildman–Crippen MR) is 164 cm³/mol. The first-order chi connectivity index (χ1) is 20.4. The van der Waals surface area contributed by atoms with E-state index in [1.165, 1.54) is 12.7 Å². The van der Waals surface area contributed by atoms with Gasteiger partial charge in [-0.1, -0.05) is 13.8 Å². The Bertz CT molecular complexity index is 1630. The number of benzene rings is 2. The topological polar surface area (TPSA) is 117 Å². The van der Waals surface area contributed by atoms with Crippen molar-refractivity contribution < 1.29 is 9.47 Å². The summed E-state index contributed by atoms with van der Waals surface area (Å²) < 4.78 is 14.0. The fraction of sp³-hybridized carbons (Fsp3) is 0.344. The first-order valence-corrected chi connectivity index (χ1v) is 14.4. The lowest BCUT2D eigenvalue weighted by Crippen LogP contribution is -2.27. The standard InChI is InChI=1S/C30H32N8O2.C2H6/c1-19-11-25(39-17-21-15-32-20(2)33-16-21)14-26(12-19)40-24-8-6-22(7-9-24)38-29-28(34-18-35-30(29)31)27(36-38)13-23-5-4-10-37(23)3;1-2/h6-9,11-12,14-16,18,23H,4-5,10,13,17H2,1-3H3,(H2,31,34,35);1-2H3/t23-;/m1./s1. The van der Waals surface area contributed by atoms with Crippen molar-refractivity contribution in [2.45, 2.75) is 59.6 Å². The van der Waals surface area contributed by atoms with E-state index in [4.69, 9.17) is 20.3 Å². The highest BCUT2D eigenvalue weighted by molar-refractivity contribution is 5.87. The molecule has 0 amide bonds. The molecule has 0 aliphatic carbocycles. The number of aromatic nitrogens is 6. The van der Waals surface area contributed by atoms with Crippen LogP contribution in [0.1, 0.15) is 49.3 Å². The molecule has 10 heteroatoms. The van der Waals surface area contributed by atoms with Crippen molar-refractivity contribution in [1.82, 2.24) is 34.6 Å². The second-order valence-corrected chi connectivity index (χ2v) is 10.3. The summed E-state index contributed by atoms with van der Waals surface area (Å²) in [6, 6.07) is 14.0. The highest BCUT2D eigenvalue weighted by atomic mass is 16.5. The van der Waals surface area contributed by atoms with Crippen molar-refractivity contribution in [3.05, 3.63) is 83.8 Å². The highest BCUT2D eigenvalue weighted by Crippen LogP contribution is 2.31. The number of likely N-dealkylation sites (N-methyl/N-ethyl adjacent to an activating group) is 1. The van der Waals surface area contributed by atoms with Crippen LogP contribution in [0.25, 0.3) is 16.7 Å². The molecule has 1 atom stereocenters. The third-order valence-electron chi connectivity index (χ3n) is 7.24. The maximum atomic E-state index is 6.31. The summed E-state index contributed by atoms with van der Waals surface area (Å²) in [6.45, 7) is 9.35. The largest absolute Gasteiger partial charge is 0.489 e. The number of ether oxygens (including phenoxy) is 2. The Hall–Kier alpha value is -4.57. The molecule has 0 radical (unpaired) electrons. The van der Waals surface area contributed by atoms with Crippen molar-refractivity contribution in [3.8, 4) is 22.9 Å². The average Bonchev–Trinajstić information content (AvgIpc) is 3.58. The van der Waals surface area contributed by atoms with Gasteiger partial charge in [0.05, 0.1) is 11.4 Å². The van der Waals surface area contributed by atoms with Crippen molar-refractivity contribution in [1.29, 1.82) is 0 Å². The molecule has 4 heterocycles. The number of nitrogens with zero attached hydrogens (tertiary/aromatic N) is 7. The Labute approximate surface area is 246 Å². The number of nitrogens with two attached hydrogens (primary N) is 1. The predicted octanol–water partition coefficient (Wildman–Crippen LogP) is 5.84. The molecule has 218 valence electrons. The van der Waals surface area contributed by atoms with Gasteiger partial charge in [-0.15, -0.1) is 0 Å². The molecule has 0 saturated carbocycles. The van der Waals surface area contributed by atoms with Gasteiger partial charge in [0.2, 0.25) is 0 Å². The van der Waals surface area contributed by atoms with Crippen molar-refractivity contribution in [3.63, 3.8) is 0 Å². The molecule has 0 spiro atoms. The van der Waals surface area contributed by atoms with Gasteiger partial charge in [0, 0.05) is 36.5 Å². The number of nitrogen functional groups attached to an aromatic ring is 1. The maximum Gasteiger partial charge on any atom is 0.153 e. The Morgan fingerprint density at radius 3 is 2.38 bits per heavy atom. The minimum absolute atomic E-state index is 0.377. The molecule has 6 rings (SSSR count). The molecule has 5 aromatic rings. The van der Waals surface area contributed by atoms with E-state index in [2.05, 4.69) is 31.9 Å². The van der Waals surface area contributed by atoms with Gasteiger partial charge in [0.15, 0.2) is 5.82 Å². The molecule has 1 fully saturated rings. The number of rotatable bonds is 8. The molecule has 2 aromatic carbocycles. The number of aryl methyl sites for hydroxylation is 2. The van der Waals surface area contributed by atoms with Crippen LogP contribution in [0.5, 0.6) is 17.2 Å². The monoisotopic (exact) mass is 566 g/mol. The normalized spacial score (nSPS) is 14.9. The molecule has 1 saturated heterocycles. The van der Waals surface area contributed by atoms with E-state index in [9.17, 15) is 0 Å². The highest BCUT2D eigenvalue weighted by Gasteiger charge is 2.25. The van der Waals surface area contributed by atoms with Crippen LogP contribution in [-0.2, 0) is 13.0 Å². The fourth-order valence-corrected chi connectivity index (χ4v) is 5.12. The number of hydrogen-bond acceptors (Lipinski definition) is 9. The average molecular weight is 567 g/mol. The van der Waals surface area contributed by atoms with E-state index in [-0.39, 0.29) is 0 Å². The Kier molecular flexibility index (Phi) is 8.92. The second kappa shape index (κ2) is 12.9. The summed E-state index contributed by atoms with van der Waals surface area (Å²) in [6.07, 6.45) is 8.24. The van der Waals surface area contributed by atoms with E-state index in [0.717, 1.165) is 58.8 Å². The van der Waals surface area contributed by atoms with Gasteiger partial charge in [-0.25, -0.2) is 24.6 Å². The van der Waals surface area contributed by atoms with E-state index in [1.54, 1.807) is 12.4 Å². The number of likely N-dealkylation sites (tertiary alicyclic amines) is 1. The van der Waals surface area contributed by atoms with Crippen LogP contribution in [0.15, 0.2) is 61.2 Å². The molecule has 2 N–H and O–H groups in total. The summed E-state index contributed by atoms with van der Waals surface area (Å²) in [5, 5.41) is 4.95. The van der Waals surface area contributed by atoms with Crippen LogP contribution >= 0.6 is 0 Å². The fourth-order valence-electron chi connectivity index (χ4n) is 5.12. The third-order valence-corrected chi connectivity index (χ3v) is 7.24. The van der Waals surface area contributed by atoms with E-state index >= 15 is 0 Å². The number of hydrogen-bond donors (Lipinski definition) is 1. The SMILES string of the molecule is CC.Cc1cc(OCc2cnc(C)nc2)cc(Oc2ccc(-n3nc(C[C@H]4CCCN4C)c4ncnc(N)c43)cc2)c1. The summed E-state index contributed by atoms with van der Waals surface area (Å²) in [7, 11) is 2.17. The molecular weight excluding hydrogens is 528 g/mol. The molecule has 0 bridgehead atoms. The quantitative estimate of drug-likeness (QED) is 0.247. The van der Waals surface area contributed by atoms with Crippen LogP contribution in [0, 0.1) is 13.8 Å². The number of anilines is 1. The van der Waals surface area contributed by atoms with Crippen molar-refractivity contribution in [2.24, 2.45) is 0 Å². The van der Waals surface area contributed by atoms with Crippen molar-refractivity contribution >= 4 is 16.9 Å². The van der Waals surface area contributed by atoms with Crippen LogP contribution in [0.2, 0.25) is 0 Å². The summed E-state index contributed by atoms with van der Waals surface area (Å²) >= 11 is 0. The van der Waals surface area contributed by atoms with Gasteiger partial charge in [0.25, 0.3) is 0 Å². The van der Waals surface area contributed by atoms with Gasteiger partial charge in [-0.05, 0) is 82.2 Å². The Morgan fingerprint density at radius 2 is 1.67 bits per heavy atom. The summed E-state index contributed by atoms with van der Waals surface area (Å²) in [5.41, 5.74) is 11.6. The first kappa shape index (κ1) is 28.9. The molecule has 3 aromatic heterocycles. The molecular formula is C32H38N8O2. The molecule has 1 aliphatic rings. The molecule has 1 aliphatic heterocycles. The lowest BCUT2D eigenvalue weighted by Gasteiger charge is -2.17. The van der Waals surface area contributed by atoms with Gasteiger partial charge in [0.1, 0.15) is 47.0 Å². The van der Waals surface area contributed by atoms with Crippen LogP contribution in [0.4, 0.5) is 5.82 Å². The minimum atomic E-state index is 0.377. The summed E-state index contributed by atoms with van der Waals surface area (Å²) in [4.78, 5) is 19.6. The number of fused-ring (bicyclic) bond motifs is 1. The zero-order chi connectivity index (χ0) is 29.6. The Morgan fingerprint density at radius 1 is 0.929 bits per heavy atom. The van der Waals surface area contributed by atoms with E-state index in [0.29, 0.717) is 35.7 Å². The lowest BCUT2D eigenvalue weighted by molar-refractivity contribution is 0.303. The van der Waals surface area contributed by atoms with E-state index in [1.807, 2.05) is 74.8 Å². The lowest BCUT2D eigenvalue weighted by atomic mass is 10.1. The molecule has 42 heavy (non-hydrogen) atoms. The van der Waals surface area contributed by atoms with Crippen molar-refractivity contribution in [2.75, 3.05) is 19.3 Å². The zero-order valence-electron chi connectivity index (χ0n) is 24.9. The van der Waals surface area contributed by atoms with Gasteiger partial charge in [-0.3, -0.25) is 0 Å². The summed E-state index contributed by atoms with van der Waals surface area (Å²) in [5.74, 6) is 3.24. The van der Waals surface area contributed by atoms with Gasteiger partial charge < -0.3 is 20.1 Å². The van der Waals surface area contributed by atoms with E-state index < -0.39 is 0 Å².